The first-order chi connectivity index (χ1) is 12.3. The van der Waals surface area contributed by atoms with Crippen LogP contribution < -0.4 is 4.90 Å². The minimum absolute atomic E-state index is 0.126. The van der Waals surface area contributed by atoms with Crippen molar-refractivity contribution < 1.29 is 9.15 Å². The Hall–Kier alpha value is -2.06. The van der Waals surface area contributed by atoms with Crippen LogP contribution >= 0.6 is 0 Å². The molecule has 2 aromatic rings. The van der Waals surface area contributed by atoms with Gasteiger partial charge in [-0.3, -0.25) is 4.90 Å². The first-order valence-electron chi connectivity index (χ1n) is 9.00. The fourth-order valence-corrected chi connectivity index (χ4v) is 3.14. The number of likely N-dealkylation sites (N-methyl/N-ethyl adjacent to an activating group) is 1. The Morgan fingerprint density at radius 2 is 2.20 bits per heavy atom. The van der Waals surface area contributed by atoms with Crippen LogP contribution in [0.2, 0.25) is 0 Å². The number of hydrogen-bond donors (Lipinski definition) is 0. The van der Waals surface area contributed by atoms with Gasteiger partial charge >= 0.3 is 0 Å². The van der Waals surface area contributed by atoms with Crippen LogP contribution in [0.25, 0.3) is 0 Å². The van der Waals surface area contributed by atoms with E-state index in [4.69, 9.17) is 9.15 Å². The molecule has 134 valence electrons. The highest BCUT2D eigenvalue weighted by molar-refractivity contribution is 5.36. The number of ether oxygens (including phenoxy) is 1. The Bertz CT molecular complexity index is 675. The quantitative estimate of drug-likeness (QED) is 0.747. The summed E-state index contributed by atoms with van der Waals surface area (Å²) in [7, 11) is 0. The molecule has 8 nitrogen and oxygen atoms in total. The summed E-state index contributed by atoms with van der Waals surface area (Å²) in [6.45, 7) is 6.92. The van der Waals surface area contributed by atoms with E-state index < -0.39 is 0 Å². The predicted molar refractivity (Wildman–Crippen MR) is 91.2 cm³/mol. The van der Waals surface area contributed by atoms with Crippen molar-refractivity contribution in [3.8, 4) is 0 Å². The molecule has 8 heteroatoms. The van der Waals surface area contributed by atoms with Gasteiger partial charge in [0.15, 0.2) is 5.82 Å². The van der Waals surface area contributed by atoms with Gasteiger partial charge in [0.25, 0.3) is 0 Å². The van der Waals surface area contributed by atoms with E-state index in [0.717, 1.165) is 37.9 Å². The summed E-state index contributed by atoms with van der Waals surface area (Å²) < 4.78 is 11.7. The second-order valence-corrected chi connectivity index (χ2v) is 6.66. The van der Waals surface area contributed by atoms with E-state index >= 15 is 0 Å². The van der Waals surface area contributed by atoms with Crippen LogP contribution in [0.5, 0.6) is 0 Å². The average Bonchev–Trinajstić information content (AvgIpc) is 3.40. The second kappa shape index (κ2) is 7.45. The third kappa shape index (κ3) is 4.13. The Morgan fingerprint density at radius 3 is 2.96 bits per heavy atom. The highest BCUT2D eigenvalue weighted by atomic mass is 16.5. The lowest BCUT2D eigenvalue weighted by molar-refractivity contribution is -0.0292. The summed E-state index contributed by atoms with van der Waals surface area (Å²) in [5.41, 5.74) is 0. The topological polar surface area (TPSA) is 80.4 Å². The molecule has 0 spiro atoms. The van der Waals surface area contributed by atoms with Gasteiger partial charge in [0, 0.05) is 38.3 Å². The minimum Gasteiger partial charge on any atom is -0.424 e. The zero-order valence-electron chi connectivity index (χ0n) is 14.5. The third-order valence-corrected chi connectivity index (χ3v) is 4.68. The van der Waals surface area contributed by atoms with Crippen LogP contribution in [0.15, 0.2) is 22.7 Å². The molecule has 1 atom stereocenters. The van der Waals surface area contributed by atoms with Gasteiger partial charge in [-0.15, -0.1) is 15.3 Å². The van der Waals surface area contributed by atoms with Gasteiger partial charge in [-0.1, -0.05) is 0 Å². The zero-order chi connectivity index (χ0) is 17.1. The van der Waals surface area contributed by atoms with Gasteiger partial charge in [-0.05, 0) is 31.9 Å². The molecule has 1 aliphatic heterocycles. The zero-order valence-corrected chi connectivity index (χ0v) is 14.5. The van der Waals surface area contributed by atoms with Crippen LogP contribution in [0, 0.1) is 0 Å². The molecule has 25 heavy (non-hydrogen) atoms. The Kier molecular flexibility index (Phi) is 4.89. The number of anilines is 1. The van der Waals surface area contributed by atoms with Crippen molar-refractivity contribution in [3.63, 3.8) is 0 Å². The van der Waals surface area contributed by atoms with Gasteiger partial charge in [-0.25, -0.2) is 0 Å². The fourth-order valence-electron chi connectivity index (χ4n) is 3.14. The van der Waals surface area contributed by atoms with Gasteiger partial charge in [0.2, 0.25) is 11.8 Å². The predicted octanol–water partition coefficient (Wildman–Crippen LogP) is 1.46. The Labute approximate surface area is 147 Å². The second-order valence-electron chi connectivity index (χ2n) is 6.66. The summed E-state index contributed by atoms with van der Waals surface area (Å²) in [6.07, 6.45) is 4.17. The number of rotatable bonds is 7. The van der Waals surface area contributed by atoms with Crippen molar-refractivity contribution in [3.05, 3.63) is 30.1 Å². The molecule has 1 saturated carbocycles. The Balaban J connectivity index is 1.33. The lowest BCUT2D eigenvalue weighted by Gasteiger charge is -2.35. The van der Waals surface area contributed by atoms with Crippen LogP contribution in [0.3, 0.4) is 0 Å². The van der Waals surface area contributed by atoms with Crippen molar-refractivity contribution in [2.75, 3.05) is 37.7 Å². The molecule has 1 aliphatic carbocycles. The maximum Gasteiger partial charge on any atom is 0.230 e. The molecule has 1 unspecified atom stereocenters. The van der Waals surface area contributed by atoms with Crippen molar-refractivity contribution in [1.29, 1.82) is 0 Å². The van der Waals surface area contributed by atoms with Crippen LogP contribution in [-0.4, -0.2) is 64.2 Å². The molecule has 0 radical (unpaired) electrons. The summed E-state index contributed by atoms with van der Waals surface area (Å²) in [6, 6.07) is 3.89. The summed E-state index contributed by atoms with van der Waals surface area (Å²) in [5, 5.41) is 16.5. The van der Waals surface area contributed by atoms with Gasteiger partial charge < -0.3 is 14.1 Å². The highest BCUT2D eigenvalue weighted by Gasteiger charge is 2.30. The van der Waals surface area contributed by atoms with Gasteiger partial charge in [-0.2, -0.15) is 5.10 Å². The van der Waals surface area contributed by atoms with Crippen molar-refractivity contribution in [2.24, 2.45) is 0 Å². The number of aromatic nitrogens is 4. The lowest BCUT2D eigenvalue weighted by atomic mass is 10.2. The number of nitrogens with zero attached hydrogens (tertiary/aromatic N) is 6. The van der Waals surface area contributed by atoms with E-state index in [1.165, 1.54) is 12.8 Å². The lowest BCUT2D eigenvalue weighted by Crippen LogP contribution is -2.47. The molecule has 0 bridgehead atoms. The number of morpholine rings is 1. The molecule has 4 rings (SSSR count). The molecule has 2 aromatic heterocycles. The normalized spacial score (nSPS) is 21.4. The molecule has 2 fully saturated rings. The summed E-state index contributed by atoms with van der Waals surface area (Å²) in [4.78, 5) is 4.52. The standard InChI is InChI=1S/C17H24N6O2/c1-2-23(15-4-3-7-18-19-15)11-14-10-22(8-9-24-14)12-16-20-21-17(25-16)13-5-6-13/h3-4,7,13-14H,2,5-6,8-12H2,1H3. The third-order valence-electron chi connectivity index (χ3n) is 4.68. The fraction of sp³-hybridized carbons (Fsp3) is 0.647. The van der Waals surface area contributed by atoms with Gasteiger partial charge in [0.1, 0.15) is 0 Å². The van der Waals surface area contributed by atoms with E-state index in [1.54, 1.807) is 6.20 Å². The average molecular weight is 344 g/mol. The van der Waals surface area contributed by atoms with E-state index in [2.05, 4.69) is 37.1 Å². The molecule has 0 aromatic carbocycles. The molecule has 1 saturated heterocycles. The Morgan fingerprint density at radius 1 is 1.28 bits per heavy atom. The summed E-state index contributed by atoms with van der Waals surface area (Å²) >= 11 is 0. The highest BCUT2D eigenvalue weighted by Crippen LogP contribution is 2.39. The molecular weight excluding hydrogens is 320 g/mol. The first kappa shape index (κ1) is 16.4. The molecular formula is C17H24N6O2. The first-order valence-corrected chi connectivity index (χ1v) is 9.00. The molecule has 2 aliphatic rings. The van der Waals surface area contributed by atoms with E-state index in [-0.39, 0.29) is 6.10 Å². The summed E-state index contributed by atoms with van der Waals surface area (Å²) in [5.74, 6) is 2.91. The van der Waals surface area contributed by atoms with E-state index in [0.29, 0.717) is 25.0 Å². The van der Waals surface area contributed by atoms with Crippen LogP contribution in [-0.2, 0) is 11.3 Å². The van der Waals surface area contributed by atoms with Crippen molar-refractivity contribution in [1.82, 2.24) is 25.3 Å². The molecule has 0 amide bonds. The minimum atomic E-state index is 0.126. The van der Waals surface area contributed by atoms with Crippen molar-refractivity contribution >= 4 is 5.82 Å². The van der Waals surface area contributed by atoms with Crippen LogP contribution in [0.4, 0.5) is 5.82 Å². The van der Waals surface area contributed by atoms with Gasteiger partial charge in [0.05, 0.1) is 19.3 Å². The number of hydrogen-bond acceptors (Lipinski definition) is 8. The molecule has 3 heterocycles. The van der Waals surface area contributed by atoms with E-state index in [9.17, 15) is 0 Å². The molecule has 0 N–H and O–H groups in total. The maximum absolute atomic E-state index is 5.95. The smallest absolute Gasteiger partial charge is 0.230 e. The SMILES string of the molecule is CCN(CC1CN(Cc2nnc(C3CC3)o2)CCO1)c1cccnn1. The largest absolute Gasteiger partial charge is 0.424 e. The van der Waals surface area contributed by atoms with Crippen molar-refractivity contribution in [2.45, 2.75) is 38.3 Å². The monoisotopic (exact) mass is 344 g/mol. The maximum atomic E-state index is 5.95. The van der Waals surface area contributed by atoms with E-state index in [1.807, 2.05) is 12.1 Å². The van der Waals surface area contributed by atoms with Crippen LogP contribution in [0.1, 0.15) is 37.5 Å².